The van der Waals surface area contributed by atoms with Crippen molar-refractivity contribution in [3.05, 3.63) is 53.6 Å². The largest absolute Gasteiger partial charge is 0.494 e. The number of amides is 1. The van der Waals surface area contributed by atoms with Gasteiger partial charge in [-0.15, -0.1) is 0 Å². The van der Waals surface area contributed by atoms with Crippen LogP contribution in [0.1, 0.15) is 29.8 Å². The molecule has 0 atom stereocenters. The molecule has 0 spiro atoms. The third-order valence-corrected chi connectivity index (χ3v) is 3.65. The first kappa shape index (κ1) is 21.7. The standard InChI is InChI=1S/C21H24N2O6/c1-4-27-17-9-7-16(8-10-17)21(25)23-22-13-15-6-11-18(19(12-15)26-3)29-14-20(24)28-5-2/h6-13H,4-5,14H2,1-3H3,(H,23,25)/b22-13+. The summed E-state index contributed by atoms with van der Waals surface area (Å²) in [7, 11) is 1.49. The number of carbonyl (C=O) groups is 2. The lowest BCUT2D eigenvalue weighted by molar-refractivity contribution is -0.145. The monoisotopic (exact) mass is 400 g/mol. The van der Waals surface area contributed by atoms with E-state index in [2.05, 4.69) is 10.5 Å². The molecule has 2 aromatic carbocycles. The van der Waals surface area contributed by atoms with Crippen LogP contribution in [0.2, 0.25) is 0 Å². The zero-order chi connectivity index (χ0) is 21.1. The Balaban J connectivity index is 1.95. The molecule has 29 heavy (non-hydrogen) atoms. The summed E-state index contributed by atoms with van der Waals surface area (Å²) in [5.74, 6) is 0.722. The lowest BCUT2D eigenvalue weighted by atomic mass is 10.2. The van der Waals surface area contributed by atoms with Crippen molar-refractivity contribution >= 4 is 18.1 Å². The molecule has 0 saturated carbocycles. The van der Waals surface area contributed by atoms with Crippen molar-refractivity contribution in [3.8, 4) is 17.2 Å². The first-order chi connectivity index (χ1) is 14.1. The normalized spacial score (nSPS) is 10.4. The fourth-order valence-electron chi connectivity index (χ4n) is 2.32. The quantitative estimate of drug-likeness (QED) is 0.374. The molecule has 2 aromatic rings. The van der Waals surface area contributed by atoms with Crippen molar-refractivity contribution in [3.63, 3.8) is 0 Å². The molecule has 0 saturated heterocycles. The first-order valence-electron chi connectivity index (χ1n) is 9.10. The number of hydrogen-bond donors (Lipinski definition) is 1. The second-order valence-electron chi connectivity index (χ2n) is 5.66. The fourth-order valence-corrected chi connectivity index (χ4v) is 2.32. The van der Waals surface area contributed by atoms with Gasteiger partial charge in [-0.05, 0) is 61.9 Å². The van der Waals surface area contributed by atoms with E-state index in [-0.39, 0.29) is 19.1 Å². The van der Waals surface area contributed by atoms with Crippen LogP contribution in [-0.4, -0.2) is 45.0 Å². The maximum Gasteiger partial charge on any atom is 0.344 e. The smallest absolute Gasteiger partial charge is 0.344 e. The minimum atomic E-state index is -0.461. The Labute approximate surface area is 169 Å². The number of hydrogen-bond acceptors (Lipinski definition) is 7. The predicted octanol–water partition coefficient (Wildman–Crippen LogP) is 2.80. The van der Waals surface area contributed by atoms with Crippen molar-refractivity contribution in [1.29, 1.82) is 0 Å². The topological polar surface area (TPSA) is 95.5 Å². The van der Waals surface area contributed by atoms with Gasteiger partial charge in [-0.2, -0.15) is 5.10 Å². The number of benzene rings is 2. The molecule has 0 radical (unpaired) electrons. The van der Waals surface area contributed by atoms with E-state index in [9.17, 15) is 9.59 Å². The van der Waals surface area contributed by atoms with Crippen LogP contribution in [0.15, 0.2) is 47.6 Å². The Morgan fingerprint density at radius 3 is 2.41 bits per heavy atom. The Bertz CT molecular complexity index is 849. The van der Waals surface area contributed by atoms with Crippen molar-refractivity contribution in [2.45, 2.75) is 13.8 Å². The number of ether oxygens (including phenoxy) is 4. The highest BCUT2D eigenvalue weighted by molar-refractivity contribution is 5.95. The molecule has 0 aliphatic carbocycles. The maximum absolute atomic E-state index is 12.1. The number of hydrazone groups is 1. The van der Waals surface area contributed by atoms with Gasteiger partial charge in [0.1, 0.15) is 5.75 Å². The van der Waals surface area contributed by atoms with Gasteiger partial charge in [0.15, 0.2) is 18.1 Å². The predicted molar refractivity (Wildman–Crippen MR) is 108 cm³/mol. The van der Waals surface area contributed by atoms with Gasteiger partial charge in [0.2, 0.25) is 0 Å². The molecule has 8 nitrogen and oxygen atoms in total. The van der Waals surface area contributed by atoms with Crippen LogP contribution in [0.3, 0.4) is 0 Å². The van der Waals surface area contributed by atoms with E-state index in [1.54, 1.807) is 49.4 Å². The van der Waals surface area contributed by atoms with E-state index in [0.29, 0.717) is 35.0 Å². The number of nitrogens with one attached hydrogen (secondary N) is 1. The first-order valence-corrected chi connectivity index (χ1v) is 9.10. The van der Waals surface area contributed by atoms with Crippen LogP contribution in [-0.2, 0) is 9.53 Å². The summed E-state index contributed by atoms with van der Waals surface area (Å²) in [5.41, 5.74) is 3.60. The van der Waals surface area contributed by atoms with E-state index >= 15 is 0 Å². The number of methoxy groups -OCH3 is 1. The Morgan fingerprint density at radius 2 is 1.76 bits per heavy atom. The average Bonchev–Trinajstić information content (AvgIpc) is 2.73. The number of rotatable bonds is 10. The van der Waals surface area contributed by atoms with Gasteiger partial charge in [-0.3, -0.25) is 4.79 Å². The van der Waals surface area contributed by atoms with Gasteiger partial charge in [0.25, 0.3) is 5.91 Å². The Hall–Kier alpha value is -3.55. The summed E-state index contributed by atoms with van der Waals surface area (Å²) in [4.78, 5) is 23.5. The second-order valence-corrected chi connectivity index (χ2v) is 5.66. The SMILES string of the molecule is CCOC(=O)COc1ccc(/C=N/NC(=O)c2ccc(OCC)cc2)cc1OC. The van der Waals surface area contributed by atoms with Crippen LogP contribution >= 0.6 is 0 Å². The van der Waals surface area contributed by atoms with E-state index in [1.165, 1.54) is 13.3 Å². The minimum absolute atomic E-state index is 0.213. The highest BCUT2D eigenvalue weighted by atomic mass is 16.6. The molecule has 0 aliphatic rings. The van der Waals surface area contributed by atoms with Crippen LogP contribution in [0.5, 0.6) is 17.2 Å². The van der Waals surface area contributed by atoms with Crippen LogP contribution in [0.4, 0.5) is 0 Å². The summed E-state index contributed by atoms with van der Waals surface area (Å²) in [6.07, 6.45) is 1.48. The molecule has 0 aliphatic heterocycles. The number of carbonyl (C=O) groups excluding carboxylic acids is 2. The molecule has 154 valence electrons. The highest BCUT2D eigenvalue weighted by Crippen LogP contribution is 2.27. The van der Waals surface area contributed by atoms with Crippen molar-refractivity contribution < 1.29 is 28.5 Å². The van der Waals surface area contributed by atoms with Gasteiger partial charge in [-0.1, -0.05) is 0 Å². The van der Waals surface area contributed by atoms with Gasteiger partial charge < -0.3 is 18.9 Å². The summed E-state index contributed by atoms with van der Waals surface area (Å²) in [6, 6.07) is 11.8. The van der Waals surface area contributed by atoms with Crippen LogP contribution < -0.4 is 19.6 Å². The van der Waals surface area contributed by atoms with Crippen molar-refractivity contribution in [2.75, 3.05) is 26.9 Å². The van der Waals surface area contributed by atoms with Crippen molar-refractivity contribution in [2.24, 2.45) is 5.10 Å². The van der Waals surface area contributed by atoms with E-state index in [0.717, 1.165) is 0 Å². The molecule has 0 bridgehead atoms. The molecule has 1 amide bonds. The second kappa shape index (κ2) is 11.3. The third kappa shape index (κ3) is 6.84. The molecule has 0 unspecified atom stereocenters. The lowest BCUT2D eigenvalue weighted by Gasteiger charge is -2.10. The van der Waals surface area contributed by atoms with E-state index < -0.39 is 5.97 Å². The molecule has 1 N–H and O–H groups in total. The van der Waals surface area contributed by atoms with Crippen LogP contribution in [0, 0.1) is 0 Å². The summed E-state index contributed by atoms with van der Waals surface area (Å²) < 4.78 is 20.8. The van der Waals surface area contributed by atoms with Gasteiger partial charge in [0, 0.05) is 5.56 Å². The fraction of sp³-hybridized carbons (Fsp3) is 0.286. The van der Waals surface area contributed by atoms with Gasteiger partial charge >= 0.3 is 5.97 Å². The molecular formula is C21H24N2O6. The molecular weight excluding hydrogens is 376 g/mol. The maximum atomic E-state index is 12.1. The highest BCUT2D eigenvalue weighted by Gasteiger charge is 2.09. The lowest BCUT2D eigenvalue weighted by Crippen LogP contribution is -2.17. The number of nitrogens with zero attached hydrogens (tertiary/aromatic N) is 1. The Morgan fingerprint density at radius 1 is 1.00 bits per heavy atom. The van der Waals surface area contributed by atoms with Gasteiger partial charge in [-0.25, -0.2) is 10.2 Å². The average molecular weight is 400 g/mol. The molecule has 0 fully saturated rings. The molecule has 2 rings (SSSR count). The summed E-state index contributed by atoms with van der Waals surface area (Å²) in [5, 5.41) is 3.95. The van der Waals surface area contributed by atoms with E-state index in [1.807, 2.05) is 6.92 Å². The van der Waals surface area contributed by atoms with Crippen molar-refractivity contribution in [1.82, 2.24) is 5.43 Å². The zero-order valence-corrected chi connectivity index (χ0v) is 16.6. The summed E-state index contributed by atoms with van der Waals surface area (Å²) >= 11 is 0. The summed E-state index contributed by atoms with van der Waals surface area (Å²) in [6.45, 7) is 4.25. The molecule has 8 heteroatoms. The third-order valence-electron chi connectivity index (χ3n) is 3.65. The van der Waals surface area contributed by atoms with Gasteiger partial charge in [0.05, 0.1) is 26.5 Å². The Kier molecular flexibility index (Phi) is 8.50. The molecule has 0 aromatic heterocycles. The number of esters is 1. The van der Waals surface area contributed by atoms with Crippen LogP contribution in [0.25, 0.3) is 0 Å². The van der Waals surface area contributed by atoms with E-state index in [4.69, 9.17) is 18.9 Å². The minimum Gasteiger partial charge on any atom is -0.494 e. The zero-order valence-electron chi connectivity index (χ0n) is 16.6. The molecule has 0 heterocycles.